The molecule has 0 aromatic carbocycles. The zero-order chi connectivity index (χ0) is 13.3. The van der Waals surface area contributed by atoms with Crippen LogP contribution in [-0.4, -0.2) is 25.5 Å². The van der Waals surface area contributed by atoms with Gasteiger partial charge in [-0.3, -0.25) is 0 Å². The monoisotopic (exact) mass is 283 g/mol. The lowest BCUT2D eigenvalue weighted by molar-refractivity contribution is 0.556. The minimum atomic E-state index is -0.114. The van der Waals surface area contributed by atoms with Crippen LogP contribution in [0, 0.1) is 0 Å². The molecular weight excluding hydrogens is 266 g/mol. The normalized spacial score (nSPS) is 14.1. The van der Waals surface area contributed by atoms with Crippen LogP contribution >= 0.6 is 23.4 Å². The molecule has 0 spiro atoms. The molecule has 0 radical (unpaired) electrons. The van der Waals surface area contributed by atoms with Crippen molar-refractivity contribution in [3.63, 3.8) is 0 Å². The predicted molar refractivity (Wildman–Crippen MR) is 79.4 cm³/mol. The fourth-order valence-electron chi connectivity index (χ4n) is 1.88. The van der Waals surface area contributed by atoms with Crippen molar-refractivity contribution in [1.82, 2.24) is 14.5 Å². The standard InChI is InChI=1S/C13H18ClN3S/c1-9(14)11-16-10-6-5-7-15-12(10)17(11)8-13(2,3)18-4/h5-7,9H,8H2,1-4H3. The van der Waals surface area contributed by atoms with Gasteiger partial charge in [0.25, 0.3) is 0 Å². The molecular formula is C13H18ClN3S. The van der Waals surface area contributed by atoms with Crippen LogP contribution in [0.25, 0.3) is 11.2 Å². The molecule has 0 saturated carbocycles. The van der Waals surface area contributed by atoms with E-state index in [1.54, 1.807) is 6.20 Å². The molecule has 0 N–H and O–H groups in total. The number of thioether (sulfide) groups is 1. The molecule has 98 valence electrons. The molecule has 1 atom stereocenters. The number of pyridine rings is 1. The maximum atomic E-state index is 6.23. The number of hydrogen-bond acceptors (Lipinski definition) is 3. The van der Waals surface area contributed by atoms with Crippen molar-refractivity contribution in [3.05, 3.63) is 24.2 Å². The second-order valence-electron chi connectivity index (χ2n) is 4.98. The molecule has 18 heavy (non-hydrogen) atoms. The van der Waals surface area contributed by atoms with Crippen LogP contribution in [0.4, 0.5) is 0 Å². The van der Waals surface area contributed by atoms with E-state index in [2.05, 4.69) is 34.6 Å². The Morgan fingerprint density at radius 3 is 2.83 bits per heavy atom. The molecule has 2 rings (SSSR count). The SMILES string of the molecule is CSC(C)(C)Cn1c(C(C)Cl)nc2cccnc21. The number of imidazole rings is 1. The molecule has 5 heteroatoms. The number of nitrogens with zero attached hydrogens (tertiary/aromatic N) is 3. The van der Waals surface area contributed by atoms with E-state index in [0.717, 1.165) is 23.5 Å². The Labute approximate surface area is 117 Å². The van der Waals surface area contributed by atoms with E-state index in [4.69, 9.17) is 11.6 Å². The van der Waals surface area contributed by atoms with Gasteiger partial charge in [0.15, 0.2) is 5.65 Å². The minimum Gasteiger partial charge on any atom is -0.310 e. The van der Waals surface area contributed by atoms with E-state index in [0.29, 0.717) is 0 Å². The van der Waals surface area contributed by atoms with Gasteiger partial charge in [-0.25, -0.2) is 9.97 Å². The fourth-order valence-corrected chi connectivity index (χ4v) is 2.31. The molecule has 1 unspecified atom stereocenters. The van der Waals surface area contributed by atoms with Gasteiger partial charge in [0.2, 0.25) is 0 Å². The highest BCUT2D eigenvalue weighted by Gasteiger charge is 2.23. The van der Waals surface area contributed by atoms with Gasteiger partial charge in [0.05, 0.1) is 5.38 Å². The lowest BCUT2D eigenvalue weighted by atomic mass is 10.2. The predicted octanol–water partition coefficient (Wildman–Crippen LogP) is 3.87. The number of hydrogen-bond donors (Lipinski definition) is 0. The highest BCUT2D eigenvalue weighted by molar-refractivity contribution is 7.99. The highest BCUT2D eigenvalue weighted by atomic mass is 35.5. The van der Waals surface area contributed by atoms with Gasteiger partial charge in [-0.2, -0.15) is 11.8 Å². The Balaban J connectivity index is 2.55. The average molecular weight is 284 g/mol. The number of halogens is 1. The quantitative estimate of drug-likeness (QED) is 0.798. The van der Waals surface area contributed by atoms with Crippen LogP contribution in [0.5, 0.6) is 0 Å². The molecule has 0 aliphatic rings. The van der Waals surface area contributed by atoms with Crippen molar-refractivity contribution >= 4 is 34.5 Å². The highest BCUT2D eigenvalue weighted by Crippen LogP contribution is 2.29. The molecule has 2 aromatic heterocycles. The summed E-state index contributed by atoms with van der Waals surface area (Å²) in [5.74, 6) is 0.896. The largest absolute Gasteiger partial charge is 0.310 e. The van der Waals surface area contributed by atoms with E-state index in [1.165, 1.54) is 0 Å². The van der Waals surface area contributed by atoms with Gasteiger partial charge >= 0.3 is 0 Å². The summed E-state index contributed by atoms with van der Waals surface area (Å²) in [5.41, 5.74) is 1.83. The Morgan fingerprint density at radius 1 is 1.50 bits per heavy atom. The second kappa shape index (κ2) is 5.10. The topological polar surface area (TPSA) is 30.7 Å². The fraction of sp³-hybridized carbons (Fsp3) is 0.538. The zero-order valence-corrected chi connectivity index (χ0v) is 12.7. The zero-order valence-electron chi connectivity index (χ0n) is 11.1. The van der Waals surface area contributed by atoms with E-state index in [-0.39, 0.29) is 10.1 Å². The first kappa shape index (κ1) is 13.7. The Bertz CT molecular complexity index is 548. The molecule has 0 fully saturated rings. The number of alkyl halides is 1. The van der Waals surface area contributed by atoms with Crippen molar-refractivity contribution in [2.75, 3.05) is 6.26 Å². The lowest BCUT2D eigenvalue weighted by Gasteiger charge is -2.24. The van der Waals surface area contributed by atoms with Crippen molar-refractivity contribution in [3.8, 4) is 0 Å². The molecule has 0 bridgehead atoms. The van der Waals surface area contributed by atoms with Gasteiger partial charge in [0, 0.05) is 17.5 Å². The van der Waals surface area contributed by atoms with Crippen molar-refractivity contribution in [2.24, 2.45) is 0 Å². The maximum absolute atomic E-state index is 6.23. The summed E-state index contributed by atoms with van der Waals surface area (Å²) in [5, 5.41) is -0.114. The van der Waals surface area contributed by atoms with Crippen LogP contribution in [0.3, 0.4) is 0 Å². The summed E-state index contributed by atoms with van der Waals surface area (Å²) in [7, 11) is 0. The van der Waals surface area contributed by atoms with E-state index >= 15 is 0 Å². The summed E-state index contributed by atoms with van der Waals surface area (Å²) in [6.45, 7) is 7.24. The third-order valence-corrected chi connectivity index (χ3v) is 4.41. The van der Waals surface area contributed by atoms with Crippen LogP contribution in [0.2, 0.25) is 0 Å². The van der Waals surface area contributed by atoms with Crippen LogP contribution < -0.4 is 0 Å². The number of rotatable bonds is 4. The summed E-state index contributed by atoms with van der Waals surface area (Å²) >= 11 is 8.07. The number of fused-ring (bicyclic) bond motifs is 1. The molecule has 0 saturated heterocycles. The van der Waals surface area contributed by atoms with Crippen molar-refractivity contribution in [1.29, 1.82) is 0 Å². The van der Waals surface area contributed by atoms with Crippen LogP contribution in [-0.2, 0) is 6.54 Å². The van der Waals surface area contributed by atoms with Gasteiger partial charge < -0.3 is 4.57 Å². The van der Waals surface area contributed by atoms with E-state index < -0.39 is 0 Å². The molecule has 2 aromatic rings. The lowest BCUT2D eigenvalue weighted by Crippen LogP contribution is -2.24. The Kier molecular flexibility index (Phi) is 3.87. The molecule has 0 aliphatic heterocycles. The van der Waals surface area contributed by atoms with Gasteiger partial charge in [-0.15, -0.1) is 11.6 Å². The summed E-state index contributed by atoms with van der Waals surface area (Å²) < 4.78 is 2.27. The first-order chi connectivity index (χ1) is 8.44. The third kappa shape index (κ3) is 2.64. The van der Waals surface area contributed by atoms with Crippen LogP contribution in [0.1, 0.15) is 32.0 Å². The van der Waals surface area contributed by atoms with Gasteiger partial charge in [-0.1, -0.05) is 0 Å². The summed E-state index contributed by atoms with van der Waals surface area (Å²) in [4.78, 5) is 9.03. The average Bonchev–Trinajstić information content (AvgIpc) is 2.68. The molecule has 0 aliphatic carbocycles. The molecule has 2 heterocycles. The maximum Gasteiger partial charge on any atom is 0.160 e. The Hall–Kier alpha value is -0.740. The van der Waals surface area contributed by atoms with Gasteiger partial charge in [-0.05, 0) is 39.2 Å². The van der Waals surface area contributed by atoms with E-state index in [9.17, 15) is 0 Å². The first-order valence-electron chi connectivity index (χ1n) is 5.95. The molecule has 3 nitrogen and oxygen atoms in total. The van der Waals surface area contributed by atoms with Crippen molar-refractivity contribution in [2.45, 2.75) is 37.4 Å². The van der Waals surface area contributed by atoms with Gasteiger partial charge in [0.1, 0.15) is 11.3 Å². The summed E-state index contributed by atoms with van der Waals surface area (Å²) in [6.07, 6.45) is 3.92. The molecule has 0 amide bonds. The van der Waals surface area contributed by atoms with Crippen molar-refractivity contribution < 1.29 is 0 Å². The summed E-state index contributed by atoms with van der Waals surface area (Å²) in [6, 6.07) is 3.88. The minimum absolute atomic E-state index is 0.114. The first-order valence-corrected chi connectivity index (χ1v) is 7.61. The number of aromatic nitrogens is 3. The van der Waals surface area contributed by atoms with E-state index in [1.807, 2.05) is 30.8 Å². The third-order valence-electron chi connectivity index (χ3n) is 2.98. The van der Waals surface area contributed by atoms with Crippen LogP contribution in [0.15, 0.2) is 18.3 Å². The second-order valence-corrected chi connectivity index (χ2v) is 7.15. The Morgan fingerprint density at radius 2 is 2.22 bits per heavy atom. The smallest absolute Gasteiger partial charge is 0.160 e.